The molecule has 0 aliphatic rings. The molecule has 16 rings (SSSR count). The van der Waals surface area contributed by atoms with Crippen LogP contribution in [0, 0.1) is 27.7 Å². The summed E-state index contributed by atoms with van der Waals surface area (Å²) in [6.45, 7) is 7.58. The Kier molecular flexibility index (Phi) is 23.7. The van der Waals surface area contributed by atoms with Crippen LogP contribution in [0.2, 0.25) is 0 Å². The number of alkyl halides is 3. The maximum Gasteiger partial charge on any atom is 0.573 e. The van der Waals surface area contributed by atoms with E-state index in [-0.39, 0.29) is 35.2 Å². The summed E-state index contributed by atoms with van der Waals surface area (Å²) in [6, 6.07) is 84.6. The topological polar surface area (TPSA) is 300 Å². The van der Waals surface area contributed by atoms with Gasteiger partial charge in [0.2, 0.25) is 47.1 Å². The molecule has 4 N–H and O–H groups in total. The number of aryl methyl sites for hydroxylation is 4. The molecule has 0 atom stereocenters. The lowest BCUT2D eigenvalue weighted by Crippen LogP contribution is -2.17. The Morgan fingerprint density at radius 3 is 0.903 bits per heavy atom. The van der Waals surface area contributed by atoms with Crippen molar-refractivity contribution in [3.05, 3.63) is 354 Å². The number of nitrogens with zero attached hydrogens (tertiary/aromatic N) is 16. The van der Waals surface area contributed by atoms with Gasteiger partial charge in [0.1, 0.15) is 28.5 Å². The number of aromatic nitrogens is 16. The smallest absolute Gasteiger partial charge is 0.406 e. The fourth-order valence-electron chi connectivity index (χ4n) is 11.1. The molecule has 4 amide bonds. The van der Waals surface area contributed by atoms with Crippen molar-refractivity contribution in [2.45, 2.75) is 34.1 Å². The predicted molar refractivity (Wildman–Crippen MR) is 422 cm³/mol. The van der Waals surface area contributed by atoms with Crippen LogP contribution in [-0.2, 0) is 0 Å². The first-order valence-electron chi connectivity index (χ1n) is 35.0. The highest BCUT2D eigenvalue weighted by Gasteiger charge is 2.31. The second kappa shape index (κ2) is 35.4. The highest BCUT2D eigenvalue weighted by atomic mass is 19.4. The third kappa shape index (κ3) is 19.4. The molecule has 558 valence electrons. The van der Waals surface area contributed by atoms with E-state index in [1.807, 2.05) is 221 Å². The second-order valence-corrected chi connectivity index (χ2v) is 24.7. The Morgan fingerprint density at radius 2 is 0.602 bits per heavy atom. The summed E-state index contributed by atoms with van der Waals surface area (Å²) in [4.78, 5) is 86.0. The molecule has 0 saturated carbocycles. The molecule has 0 radical (unpaired) electrons. The van der Waals surface area contributed by atoms with Gasteiger partial charge in [-0.05, 0) is 183 Å². The van der Waals surface area contributed by atoms with Gasteiger partial charge in [-0.25, -0.2) is 0 Å². The number of carbonyl (C=O) groups is 4. The number of amides is 4. The number of pyridine rings is 4. The lowest BCUT2D eigenvalue weighted by atomic mass is 10.1. The standard InChI is InChI=1S/C22H16F3N5O2.C22H19N5O.C21H17N5O.C20H15N5O/c1-14-6-2-3-7-17(14)20(31)28-21-27-19(18-8-4-5-13-26-18)29-30(21)15-9-11-16(12-10-15)32-22(23,24)25;1-15-12-13-19(23-14-15)20-24-22(27(26-20)17-9-4-3-5-10-17)25-21(28)18-11-7-6-8-16(18)2;1-15-9-5-6-12-17(15)20(27)24-21-23-19(18-13-7-8-14-22-18)25-26(21)16-10-3-2-4-11-16;26-19(15-9-3-1-4-10-15)23-20-22-18(17-13-7-8-14-21-17)24-25(20)16-11-5-2-6-12-16/h2-13H,1H3,(H,27,28,29,31);3-14H,1-2H3,(H,24,25,26,28);2-14H,1H3,(H,23,24,25,27);1-14H,(H,22,23,24,26). The van der Waals surface area contributed by atoms with Crippen LogP contribution >= 0.6 is 0 Å². The first-order chi connectivity index (χ1) is 54.9. The number of para-hydroxylation sites is 3. The summed E-state index contributed by atoms with van der Waals surface area (Å²) in [7, 11) is 0. The molecule has 0 unspecified atom stereocenters. The maximum atomic E-state index is 12.8. The molecule has 0 spiro atoms. The molecular formula is C85H67F3N20O5. The minimum absolute atomic E-state index is 0.0865. The number of benzene rings is 8. The van der Waals surface area contributed by atoms with Crippen molar-refractivity contribution in [3.8, 4) is 74.6 Å². The Balaban J connectivity index is 0.000000132. The highest BCUT2D eigenvalue weighted by Crippen LogP contribution is 2.29. The van der Waals surface area contributed by atoms with Gasteiger partial charge in [0.05, 0.1) is 22.7 Å². The van der Waals surface area contributed by atoms with E-state index < -0.39 is 12.3 Å². The Hall–Kier alpha value is -15.6. The van der Waals surface area contributed by atoms with Crippen LogP contribution in [0.15, 0.2) is 310 Å². The van der Waals surface area contributed by atoms with Crippen molar-refractivity contribution in [2.75, 3.05) is 21.3 Å². The van der Waals surface area contributed by atoms with Gasteiger partial charge in [0, 0.05) is 47.0 Å². The largest absolute Gasteiger partial charge is 0.573 e. The number of anilines is 4. The zero-order valence-electron chi connectivity index (χ0n) is 60.8. The summed E-state index contributed by atoms with van der Waals surface area (Å²) >= 11 is 0. The quantitative estimate of drug-likeness (QED) is 0.0658. The third-order valence-corrected chi connectivity index (χ3v) is 16.7. The van der Waals surface area contributed by atoms with Crippen LogP contribution in [0.5, 0.6) is 5.75 Å². The monoisotopic (exact) mass is 1500 g/mol. The molecule has 28 heteroatoms. The third-order valence-electron chi connectivity index (χ3n) is 16.7. The van der Waals surface area contributed by atoms with Crippen molar-refractivity contribution >= 4 is 47.4 Å². The fraction of sp³-hybridized carbons (Fsp3) is 0.0588. The van der Waals surface area contributed by atoms with Gasteiger partial charge < -0.3 is 4.74 Å². The summed E-state index contributed by atoms with van der Waals surface area (Å²) in [6.07, 6.45) is 1.91. The van der Waals surface area contributed by atoms with E-state index in [0.29, 0.717) is 86.0 Å². The van der Waals surface area contributed by atoms with E-state index in [2.05, 4.69) is 86.3 Å². The number of hydrogen-bond donors (Lipinski definition) is 4. The van der Waals surface area contributed by atoms with Gasteiger partial charge >= 0.3 is 6.36 Å². The Morgan fingerprint density at radius 1 is 0.310 bits per heavy atom. The van der Waals surface area contributed by atoms with E-state index in [1.54, 1.807) is 106 Å². The summed E-state index contributed by atoms with van der Waals surface area (Å²) in [5.41, 5.74) is 11.0. The van der Waals surface area contributed by atoms with Gasteiger partial charge in [0.15, 0.2) is 0 Å². The second-order valence-electron chi connectivity index (χ2n) is 24.7. The molecule has 8 heterocycles. The van der Waals surface area contributed by atoms with Gasteiger partial charge in [-0.1, -0.05) is 152 Å². The van der Waals surface area contributed by atoms with E-state index >= 15 is 0 Å². The van der Waals surface area contributed by atoms with Gasteiger partial charge in [-0.3, -0.25) is 60.4 Å². The first kappa shape index (κ1) is 75.6. The summed E-state index contributed by atoms with van der Waals surface area (Å²) < 4.78 is 47.4. The zero-order chi connectivity index (χ0) is 78.6. The Labute approximate surface area is 644 Å². The molecule has 16 aromatic rings. The number of hydrogen-bond acceptors (Lipinski definition) is 17. The van der Waals surface area contributed by atoms with Crippen LogP contribution < -0.4 is 26.0 Å². The molecule has 0 fully saturated rings. The van der Waals surface area contributed by atoms with Crippen molar-refractivity contribution in [2.24, 2.45) is 0 Å². The van der Waals surface area contributed by atoms with Crippen LogP contribution in [0.1, 0.15) is 63.7 Å². The van der Waals surface area contributed by atoms with E-state index in [9.17, 15) is 32.3 Å². The lowest BCUT2D eigenvalue weighted by Gasteiger charge is -2.11. The van der Waals surface area contributed by atoms with Gasteiger partial charge in [-0.15, -0.1) is 33.6 Å². The average Bonchev–Trinajstić information content (AvgIpc) is 1.68. The number of nitrogens with one attached hydrogen (secondary N) is 4. The molecule has 113 heavy (non-hydrogen) atoms. The number of halogens is 3. The summed E-state index contributed by atoms with van der Waals surface area (Å²) in [5, 5.41) is 29.4. The highest BCUT2D eigenvalue weighted by molar-refractivity contribution is 6.06. The molecule has 0 aliphatic carbocycles. The molecule has 8 aromatic heterocycles. The predicted octanol–water partition coefficient (Wildman–Crippen LogP) is 16.5. The normalized spacial score (nSPS) is 10.8. The van der Waals surface area contributed by atoms with E-state index in [4.69, 9.17) is 0 Å². The van der Waals surface area contributed by atoms with Crippen molar-refractivity contribution in [1.82, 2.24) is 79.0 Å². The minimum atomic E-state index is -4.80. The van der Waals surface area contributed by atoms with E-state index in [0.717, 1.165) is 51.4 Å². The lowest BCUT2D eigenvalue weighted by molar-refractivity contribution is -0.274. The van der Waals surface area contributed by atoms with Crippen LogP contribution in [0.25, 0.3) is 68.8 Å². The molecule has 0 saturated heterocycles. The molecule has 0 aliphatic heterocycles. The Bertz CT molecular complexity index is 5900. The van der Waals surface area contributed by atoms with Crippen molar-refractivity contribution in [3.63, 3.8) is 0 Å². The molecule has 8 aromatic carbocycles. The maximum absolute atomic E-state index is 12.8. The van der Waals surface area contributed by atoms with E-state index in [1.165, 1.54) is 16.8 Å². The average molecular weight is 1510 g/mol. The van der Waals surface area contributed by atoms with Crippen molar-refractivity contribution < 1.29 is 37.1 Å². The number of rotatable bonds is 17. The van der Waals surface area contributed by atoms with Gasteiger partial charge in [0.25, 0.3) is 23.6 Å². The van der Waals surface area contributed by atoms with Crippen LogP contribution in [-0.4, -0.2) is 109 Å². The van der Waals surface area contributed by atoms with Crippen LogP contribution in [0.3, 0.4) is 0 Å². The number of carbonyl (C=O) groups excluding carboxylic acids is 4. The zero-order valence-corrected chi connectivity index (χ0v) is 60.8. The van der Waals surface area contributed by atoms with Crippen LogP contribution in [0.4, 0.5) is 37.0 Å². The fourth-order valence-corrected chi connectivity index (χ4v) is 11.1. The number of ether oxygens (including phenoxy) is 1. The first-order valence-corrected chi connectivity index (χ1v) is 35.0. The molecular weight excluding hydrogens is 1440 g/mol. The minimum Gasteiger partial charge on any atom is -0.406 e. The van der Waals surface area contributed by atoms with Crippen molar-refractivity contribution in [1.29, 1.82) is 0 Å². The SMILES string of the molecule is Cc1ccc(-c2nc(NC(=O)c3ccccc3C)n(-c3ccccc3)n2)nc1.Cc1ccccc1C(=O)Nc1nc(-c2ccccn2)nn1-c1ccc(OC(F)(F)F)cc1.Cc1ccccc1C(=O)Nc1nc(-c2ccccn2)nn1-c1ccccc1.O=C(Nc1nc(-c2ccccn2)nn1-c1ccccc1)c1ccccc1. The summed E-state index contributed by atoms with van der Waals surface area (Å²) in [5.74, 6) is 1.20. The van der Waals surface area contributed by atoms with Gasteiger partial charge in [-0.2, -0.15) is 38.7 Å². The molecule has 25 nitrogen and oxygen atoms in total. The molecule has 0 bridgehead atoms.